The van der Waals surface area contributed by atoms with Gasteiger partial charge in [-0.1, -0.05) is 25.7 Å². The predicted molar refractivity (Wildman–Crippen MR) is 59.8 cm³/mol. The van der Waals surface area contributed by atoms with Crippen LogP contribution in [0.1, 0.15) is 25.7 Å². The molecule has 7 nitrogen and oxygen atoms in total. The molecule has 0 aromatic rings. The fraction of sp³-hybridized carbons (Fsp3) is 0.556. The Balaban J connectivity index is 0.000000529. The van der Waals surface area contributed by atoms with E-state index >= 15 is 0 Å². The Morgan fingerprint density at radius 1 is 1.18 bits per heavy atom. The van der Waals surface area contributed by atoms with Gasteiger partial charge in [-0.2, -0.15) is 0 Å². The zero-order valence-electron chi connectivity index (χ0n) is 9.34. The summed E-state index contributed by atoms with van der Waals surface area (Å²) in [5, 5.41) is 17.0. The van der Waals surface area contributed by atoms with E-state index < -0.39 is 27.4 Å². The van der Waals surface area contributed by atoms with Crippen molar-refractivity contribution in [1.29, 1.82) is 0 Å². The Bertz CT molecular complexity index is 403. The minimum Gasteiger partial charge on any atom is -0.503 e. The molecule has 3 N–H and O–H groups in total. The van der Waals surface area contributed by atoms with E-state index in [-0.39, 0.29) is 6.29 Å². The van der Waals surface area contributed by atoms with Crippen LogP contribution in [0.5, 0.6) is 0 Å². The number of hydrogen-bond acceptors (Lipinski definition) is 5. The lowest BCUT2D eigenvalue weighted by Crippen LogP contribution is -2.28. The molecule has 0 amide bonds. The van der Waals surface area contributed by atoms with Crippen LogP contribution in [0.2, 0.25) is 0 Å². The third-order valence-corrected chi connectivity index (χ3v) is 2.44. The Morgan fingerprint density at radius 2 is 1.59 bits per heavy atom. The second kappa shape index (κ2) is 6.89. The first-order valence-corrected chi connectivity index (χ1v) is 6.76. The number of aliphatic hydroxyl groups excluding tert-OH is 1. The lowest BCUT2D eigenvalue weighted by Gasteiger charge is -2.05. The van der Waals surface area contributed by atoms with Gasteiger partial charge >= 0.3 is 5.97 Å². The van der Waals surface area contributed by atoms with Crippen molar-refractivity contribution in [2.45, 2.75) is 25.7 Å². The first-order valence-electron chi connectivity index (χ1n) is 4.87. The number of sulfonamides is 1. The highest BCUT2D eigenvalue weighted by molar-refractivity contribution is 7.88. The molecule has 0 spiro atoms. The summed E-state index contributed by atoms with van der Waals surface area (Å²) in [6, 6.07) is 0. The number of aliphatic carboxylic acids is 1. The molecule has 1 rings (SSSR count). The zero-order chi connectivity index (χ0) is 13.5. The fourth-order valence-electron chi connectivity index (χ4n) is 0.700. The molecule has 1 fully saturated rings. The molecule has 0 atom stereocenters. The molecule has 98 valence electrons. The van der Waals surface area contributed by atoms with Crippen LogP contribution in [0.4, 0.5) is 0 Å². The number of carboxylic acid groups (broad SMARTS) is 1. The van der Waals surface area contributed by atoms with Crippen LogP contribution in [-0.2, 0) is 19.6 Å². The molecule has 0 heterocycles. The molecule has 0 aromatic heterocycles. The third kappa shape index (κ3) is 7.34. The van der Waals surface area contributed by atoms with Crippen LogP contribution >= 0.6 is 0 Å². The summed E-state index contributed by atoms with van der Waals surface area (Å²) in [5.74, 6) is -2.92. The Morgan fingerprint density at radius 3 is 1.76 bits per heavy atom. The Kier molecular flexibility index (Phi) is 6.26. The molecule has 1 aliphatic rings. The van der Waals surface area contributed by atoms with Crippen LogP contribution in [-0.4, -0.2) is 37.1 Å². The fourth-order valence-corrected chi connectivity index (χ4v) is 1.26. The van der Waals surface area contributed by atoms with Crippen molar-refractivity contribution in [3.05, 3.63) is 11.5 Å². The zero-order valence-corrected chi connectivity index (χ0v) is 10.2. The summed E-state index contributed by atoms with van der Waals surface area (Å²) in [5.41, 5.74) is -1.07. The summed E-state index contributed by atoms with van der Waals surface area (Å²) in [6.07, 6.45) is 6.51. The van der Waals surface area contributed by atoms with Crippen LogP contribution in [0.15, 0.2) is 11.5 Å². The number of carboxylic acids is 1. The van der Waals surface area contributed by atoms with E-state index in [9.17, 15) is 18.0 Å². The molecule has 1 saturated carbocycles. The average molecular weight is 265 g/mol. The highest BCUT2D eigenvalue weighted by Gasteiger charge is 2.17. The molecule has 0 aliphatic heterocycles. The maximum Gasteiger partial charge on any atom is 0.356 e. The van der Waals surface area contributed by atoms with Crippen molar-refractivity contribution in [1.82, 2.24) is 4.72 Å². The normalized spacial score (nSPS) is 15.6. The lowest BCUT2D eigenvalue weighted by molar-refractivity contribution is -0.133. The van der Waals surface area contributed by atoms with E-state index in [0.29, 0.717) is 6.26 Å². The van der Waals surface area contributed by atoms with Crippen molar-refractivity contribution >= 4 is 22.3 Å². The van der Waals surface area contributed by atoms with Gasteiger partial charge in [0.15, 0.2) is 17.7 Å². The van der Waals surface area contributed by atoms with Gasteiger partial charge in [0.1, 0.15) is 0 Å². The topological polar surface area (TPSA) is 121 Å². The maximum absolute atomic E-state index is 10.5. The SMILES string of the molecule is C1CCC1.CS(=O)(=O)NC(C(=O)O)=C(O)C=O. The number of aliphatic hydroxyl groups is 1. The summed E-state index contributed by atoms with van der Waals surface area (Å²) in [7, 11) is -3.83. The van der Waals surface area contributed by atoms with Gasteiger partial charge in [-0.25, -0.2) is 13.2 Å². The van der Waals surface area contributed by atoms with Crippen LogP contribution in [0.3, 0.4) is 0 Å². The van der Waals surface area contributed by atoms with Crippen LogP contribution in [0.25, 0.3) is 0 Å². The van der Waals surface area contributed by atoms with Gasteiger partial charge in [0, 0.05) is 0 Å². The Labute approximate surface area is 99.2 Å². The van der Waals surface area contributed by atoms with E-state index in [1.54, 1.807) is 0 Å². The first-order chi connectivity index (χ1) is 7.78. The van der Waals surface area contributed by atoms with E-state index in [0.717, 1.165) is 0 Å². The van der Waals surface area contributed by atoms with Crippen molar-refractivity contribution in [2.24, 2.45) is 0 Å². The van der Waals surface area contributed by atoms with E-state index in [1.807, 2.05) is 0 Å². The van der Waals surface area contributed by atoms with Gasteiger partial charge < -0.3 is 10.2 Å². The number of aldehydes is 1. The number of nitrogens with one attached hydrogen (secondary N) is 1. The van der Waals surface area contributed by atoms with Gasteiger partial charge in [0.25, 0.3) is 0 Å². The average Bonchev–Trinajstić information content (AvgIpc) is 2.08. The van der Waals surface area contributed by atoms with Gasteiger partial charge in [-0.3, -0.25) is 9.52 Å². The number of carbonyl (C=O) groups is 2. The second-order valence-electron chi connectivity index (χ2n) is 3.47. The minimum atomic E-state index is -3.83. The lowest BCUT2D eigenvalue weighted by atomic mass is 10.0. The maximum atomic E-state index is 10.5. The molecular weight excluding hydrogens is 250 g/mol. The minimum absolute atomic E-state index is 0.179. The molecule has 0 unspecified atom stereocenters. The van der Waals surface area contributed by atoms with Crippen molar-refractivity contribution in [3.63, 3.8) is 0 Å². The number of allylic oxidation sites excluding steroid dienone is 1. The quantitative estimate of drug-likeness (QED) is 0.378. The highest BCUT2D eigenvalue weighted by Crippen LogP contribution is 2.15. The second-order valence-corrected chi connectivity index (χ2v) is 5.22. The summed E-state index contributed by atoms with van der Waals surface area (Å²) >= 11 is 0. The highest BCUT2D eigenvalue weighted by atomic mass is 32.2. The van der Waals surface area contributed by atoms with Gasteiger partial charge in [0.2, 0.25) is 10.0 Å². The van der Waals surface area contributed by atoms with Crippen molar-refractivity contribution in [3.8, 4) is 0 Å². The van der Waals surface area contributed by atoms with E-state index in [4.69, 9.17) is 10.2 Å². The predicted octanol–water partition coefficient (Wildman–Crippen LogP) is 0.149. The summed E-state index contributed by atoms with van der Waals surface area (Å²) < 4.78 is 22.5. The van der Waals surface area contributed by atoms with Gasteiger partial charge in [0.05, 0.1) is 6.26 Å². The summed E-state index contributed by atoms with van der Waals surface area (Å²) in [4.78, 5) is 20.2. The molecule has 0 bridgehead atoms. The standard InChI is InChI=1S/C5H7NO6S.C4H8/c1-13(11,12)6-4(5(9)10)3(8)2-7;1-2-4-3-1/h2,6,8H,1H3,(H,9,10);1-4H2. The summed E-state index contributed by atoms with van der Waals surface area (Å²) in [6.45, 7) is 0. The molecule has 0 saturated heterocycles. The van der Waals surface area contributed by atoms with Gasteiger partial charge in [-0.15, -0.1) is 0 Å². The smallest absolute Gasteiger partial charge is 0.356 e. The van der Waals surface area contributed by atoms with Crippen LogP contribution < -0.4 is 4.72 Å². The molecule has 17 heavy (non-hydrogen) atoms. The first kappa shape index (κ1) is 15.4. The molecular formula is C9H15NO6S. The molecule has 1 aliphatic carbocycles. The molecule has 8 heteroatoms. The monoisotopic (exact) mass is 265 g/mol. The van der Waals surface area contributed by atoms with Crippen molar-refractivity contribution in [2.75, 3.05) is 6.26 Å². The largest absolute Gasteiger partial charge is 0.503 e. The van der Waals surface area contributed by atoms with E-state index in [2.05, 4.69) is 0 Å². The third-order valence-electron chi connectivity index (χ3n) is 1.87. The molecule has 0 aromatic carbocycles. The Hall–Kier alpha value is -1.57. The molecule has 0 radical (unpaired) electrons. The number of hydrogen-bond donors (Lipinski definition) is 3. The van der Waals surface area contributed by atoms with Crippen molar-refractivity contribution < 1.29 is 28.2 Å². The van der Waals surface area contributed by atoms with Gasteiger partial charge in [-0.05, 0) is 0 Å². The number of rotatable bonds is 4. The van der Waals surface area contributed by atoms with Crippen LogP contribution in [0, 0.1) is 0 Å². The number of carbonyl (C=O) groups excluding carboxylic acids is 1. The van der Waals surface area contributed by atoms with E-state index in [1.165, 1.54) is 30.4 Å².